The van der Waals surface area contributed by atoms with Gasteiger partial charge in [-0.2, -0.15) is 0 Å². The lowest BCUT2D eigenvalue weighted by atomic mass is 9.50. The molecule has 3 heteroatoms. The molecule has 0 unspecified atom stereocenters. The van der Waals surface area contributed by atoms with Gasteiger partial charge in [0.25, 0.3) is 0 Å². The average Bonchev–Trinajstić information content (AvgIpc) is 2.51. The van der Waals surface area contributed by atoms with Crippen LogP contribution in [0.3, 0.4) is 0 Å². The van der Waals surface area contributed by atoms with Gasteiger partial charge < -0.3 is 10.5 Å². The molecule has 2 aromatic carbocycles. The predicted molar refractivity (Wildman–Crippen MR) is 90.2 cm³/mol. The number of hydrogen-bond acceptors (Lipinski definition) is 2. The second kappa shape index (κ2) is 4.72. The molecule has 22 heavy (non-hydrogen) atoms. The molecule has 1 aliphatic carbocycles. The van der Waals surface area contributed by atoms with Crippen LogP contribution in [0.2, 0.25) is 0 Å². The quantitative estimate of drug-likeness (QED) is 0.826. The van der Waals surface area contributed by atoms with Gasteiger partial charge in [0.1, 0.15) is 11.9 Å². The van der Waals surface area contributed by atoms with Gasteiger partial charge in [-0.15, -0.1) is 0 Å². The van der Waals surface area contributed by atoms with E-state index in [9.17, 15) is 0 Å². The summed E-state index contributed by atoms with van der Waals surface area (Å²) in [6, 6.07) is 11.8. The molecule has 2 N–H and O–H groups in total. The molecule has 0 amide bonds. The molecule has 3 nitrogen and oxygen atoms in total. The summed E-state index contributed by atoms with van der Waals surface area (Å²) in [6.45, 7) is 15.9. The van der Waals surface area contributed by atoms with Crippen molar-refractivity contribution in [2.24, 2.45) is 16.6 Å². The number of hydrogen-bond donors (Lipinski definition) is 1. The lowest BCUT2D eigenvalue weighted by Crippen LogP contribution is -2.72. The summed E-state index contributed by atoms with van der Waals surface area (Å²) in [5.41, 5.74) is 6.84. The van der Waals surface area contributed by atoms with Crippen LogP contribution in [0.1, 0.15) is 27.7 Å². The second-order valence-electron chi connectivity index (χ2n) is 7.36. The first-order chi connectivity index (χ1) is 10.3. The highest BCUT2D eigenvalue weighted by Crippen LogP contribution is 2.54. The number of rotatable bonds is 2. The van der Waals surface area contributed by atoms with Crippen LogP contribution in [0, 0.1) is 17.4 Å². The lowest BCUT2D eigenvalue weighted by Gasteiger charge is -2.61. The van der Waals surface area contributed by atoms with Crippen LogP contribution >= 0.6 is 0 Å². The molecular formula is C19H22N2O. The van der Waals surface area contributed by atoms with E-state index in [0.717, 1.165) is 16.5 Å². The van der Waals surface area contributed by atoms with E-state index >= 15 is 0 Å². The smallest absolute Gasteiger partial charge is 0.195 e. The third-order valence-electron chi connectivity index (χ3n) is 5.18. The first-order valence-electron chi connectivity index (χ1n) is 7.61. The Morgan fingerprint density at radius 1 is 1.00 bits per heavy atom. The van der Waals surface area contributed by atoms with Crippen LogP contribution in [0.4, 0.5) is 5.69 Å². The molecule has 0 atom stereocenters. The maximum absolute atomic E-state index is 7.31. The normalized spacial score (nSPS) is 25.3. The Kier molecular flexibility index (Phi) is 3.19. The number of nitrogens with zero attached hydrogens (tertiary/aromatic N) is 1. The van der Waals surface area contributed by atoms with Crippen molar-refractivity contribution in [2.75, 3.05) is 0 Å². The number of fused-ring (bicyclic) bond motifs is 1. The monoisotopic (exact) mass is 294 g/mol. The SMILES string of the molecule is [C-]#[N+]c1ccc(OC2C(C)(C)C(N)C2(C)C)c2ccccc12. The van der Waals surface area contributed by atoms with E-state index in [0.29, 0.717) is 5.69 Å². The molecule has 0 aliphatic heterocycles. The minimum Gasteiger partial charge on any atom is -0.489 e. The van der Waals surface area contributed by atoms with Gasteiger partial charge in [-0.3, -0.25) is 0 Å². The zero-order chi connectivity index (χ0) is 16.1. The van der Waals surface area contributed by atoms with E-state index in [1.54, 1.807) is 0 Å². The van der Waals surface area contributed by atoms with Gasteiger partial charge in [0.05, 0.1) is 6.57 Å². The van der Waals surface area contributed by atoms with Gasteiger partial charge in [0, 0.05) is 22.3 Å². The highest BCUT2D eigenvalue weighted by Gasteiger charge is 2.61. The fourth-order valence-corrected chi connectivity index (χ4v) is 4.03. The summed E-state index contributed by atoms with van der Waals surface area (Å²) >= 11 is 0. The number of nitrogens with two attached hydrogens (primary N) is 1. The minimum absolute atomic E-state index is 0.0530. The Morgan fingerprint density at radius 2 is 1.59 bits per heavy atom. The maximum atomic E-state index is 7.31. The topological polar surface area (TPSA) is 39.6 Å². The molecule has 114 valence electrons. The molecule has 0 spiro atoms. The zero-order valence-electron chi connectivity index (χ0n) is 13.6. The van der Waals surface area contributed by atoms with Crippen LogP contribution < -0.4 is 10.5 Å². The molecule has 3 rings (SSSR count). The third kappa shape index (κ3) is 1.91. The van der Waals surface area contributed by atoms with Gasteiger partial charge >= 0.3 is 0 Å². The Hall–Kier alpha value is -2.05. The van der Waals surface area contributed by atoms with Crippen molar-refractivity contribution in [3.8, 4) is 5.75 Å². The second-order valence-corrected chi connectivity index (χ2v) is 7.36. The van der Waals surface area contributed by atoms with E-state index in [1.807, 2.05) is 36.4 Å². The van der Waals surface area contributed by atoms with Crippen molar-refractivity contribution >= 4 is 16.5 Å². The van der Waals surface area contributed by atoms with Crippen molar-refractivity contribution in [1.82, 2.24) is 0 Å². The third-order valence-corrected chi connectivity index (χ3v) is 5.18. The summed E-state index contributed by atoms with van der Waals surface area (Å²) in [5, 5.41) is 1.93. The maximum Gasteiger partial charge on any atom is 0.195 e. The molecule has 0 saturated heterocycles. The van der Waals surface area contributed by atoms with Crippen LogP contribution in [-0.2, 0) is 0 Å². The van der Waals surface area contributed by atoms with Crippen LogP contribution in [0.5, 0.6) is 5.75 Å². The fraction of sp³-hybridized carbons (Fsp3) is 0.421. The highest BCUT2D eigenvalue weighted by molar-refractivity contribution is 5.98. The molecule has 1 saturated carbocycles. The Labute approximate surface area is 131 Å². The molecule has 0 bridgehead atoms. The first-order valence-corrected chi connectivity index (χ1v) is 7.61. The Bertz CT molecular complexity index is 755. The van der Waals surface area contributed by atoms with Crippen molar-refractivity contribution < 1.29 is 4.74 Å². The molecule has 1 aliphatic rings. The first kappa shape index (κ1) is 14.9. The lowest BCUT2D eigenvalue weighted by molar-refractivity contribution is -0.154. The van der Waals surface area contributed by atoms with Gasteiger partial charge in [-0.1, -0.05) is 58.0 Å². The zero-order valence-corrected chi connectivity index (χ0v) is 13.6. The van der Waals surface area contributed by atoms with E-state index in [1.165, 1.54) is 0 Å². The minimum atomic E-state index is -0.0664. The largest absolute Gasteiger partial charge is 0.489 e. The molecule has 1 fully saturated rings. The molecule has 0 heterocycles. The Balaban J connectivity index is 2.05. The molecule has 2 aromatic rings. The van der Waals surface area contributed by atoms with Crippen molar-refractivity contribution in [3.63, 3.8) is 0 Å². The van der Waals surface area contributed by atoms with E-state index in [-0.39, 0.29) is 23.0 Å². The summed E-state index contributed by atoms with van der Waals surface area (Å²) in [4.78, 5) is 3.60. The summed E-state index contributed by atoms with van der Waals surface area (Å²) in [5.74, 6) is 0.834. The molecule has 0 aromatic heterocycles. The summed E-state index contributed by atoms with van der Waals surface area (Å²) in [7, 11) is 0. The van der Waals surface area contributed by atoms with Crippen LogP contribution in [0.15, 0.2) is 36.4 Å². The van der Waals surface area contributed by atoms with E-state index in [2.05, 4.69) is 32.5 Å². The molecule has 0 radical (unpaired) electrons. The van der Waals surface area contributed by atoms with Crippen LogP contribution in [0.25, 0.3) is 15.6 Å². The number of benzene rings is 2. The Morgan fingerprint density at radius 3 is 2.18 bits per heavy atom. The summed E-state index contributed by atoms with van der Waals surface area (Å²) < 4.78 is 6.38. The standard InChI is InChI=1S/C19H22N2O/c1-18(2)16(20)19(3,4)17(18)22-15-11-10-14(21-5)12-8-6-7-9-13(12)15/h6-11,16-17H,20H2,1-4H3. The molecular weight excluding hydrogens is 272 g/mol. The van der Waals surface area contributed by atoms with Gasteiger partial charge in [0.2, 0.25) is 0 Å². The van der Waals surface area contributed by atoms with Gasteiger partial charge in [-0.05, 0) is 11.5 Å². The van der Waals surface area contributed by atoms with E-state index in [4.69, 9.17) is 17.0 Å². The van der Waals surface area contributed by atoms with Gasteiger partial charge in [-0.25, -0.2) is 4.85 Å². The van der Waals surface area contributed by atoms with Gasteiger partial charge in [0.15, 0.2) is 5.69 Å². The predicted octanol–water partition coefficient (Wildman–Crippen LogP) is 4.53. The average molecular weight is 294 g/mol. The van der Waals surface area contributed by atoms with Crippen molar-refractivity contribution in [1.29, 1.82) is 0 Å². The van der Waals surface area contributed by atoms with Crippen molar-refractivity contribution in [3.05, 3.63) is 47.8 Å². The highest BCUT2D eigenvalue weighted by atomic mass is 16.5. The number of ether oxygens (including phenoxy) is 1. The van der Waals surface area contributed by atoms with E-state index < -0.39 is 0 Å². The van der Waals surface area contributed by atoms with Crippen molar-refractivity contribution in [2.45, 2.75) is 39.8 Å². The fourth-order valence-electron chi connectivity index (χ4n) is 4.03. The van der Waals surface area contributed by atoms with Crippen LogP contribution in [-0.4, -0.2) is 12.1 Å². The summed E-state index contributed by atoms with van der Waals surface area (Å²) in [6.07, 6.45) is 0.0530.